The molecule has 0 spiro atoms. The molecular formula is C36H38N2O6S. The number of hydrogen-bond donors (Lipinski definition) is 0. The highest BCUT2D eigenvalue weighted by atomic mass is 32.1. The summed E-state index contributed by atoms with van der Waals surface area (Å²) in [5, 5.41) is 0. The number of carbonyl (C=O) groups excluding carboxylic acids is 1. The van der Waals surface area contributed by atoms with Crippen LogP contribution in [0.3, 0.4) is 0 Å². The Morgan fingerprint density at radius 2 is 1.49 bits per heavy atom. The number of methoxy groups -OCH3 is 1. The minimum absolute atomic E-state index is 0.0983. The predicted molar refractivity (Wildman–Crippen MR) is 176 cm³/mol. The van der Waals surface area contributed by atoms with E-state index in [2.05, 4.69) is 37.9 Å². The molecule has 2 heterocycles. The van der Waals surface area contributed by atoms with Crippen LogP contribution >= 0.6 is 11.3 Å². The van der Waals surface area contributed by atoms with Crippen LogP contribution in [0.1, 0.15) is 57.4 Å². The number of thiazole rings is 1. The van der Waals surface area contributed by atoms with Crippen LogP contribution in [-0.4, -0.2) is 37.5 Å². The smallest absolute Gasteiger partial charge is 0.338 e. The van der Waals surface area contributed by atoms with E-state index in [9.17, 15) is 9.59 Å². The third-order valence-electron chi connectivity index (χ3n) is 7.47. The predicted octanol–water partition coefficient (Wildman–Crippen LogP) is 5.56. The van der Waals surface area contributed by atoms with Gasteiger partial charge in [-0.2, -0.15) is 0 Å². The van der Waals surface area contributed by atoms with Crippen LogP contribution in [0.25, 0.3) is 6.08 Å². The molecule has 1 aliphatic rings. The van der Waals surface area contributed by atoms with Gasteiger partial charge in [0.05, 0.1) is 35.6 Å². The van der Waals surface area contributed by atoms with E-state index in [1.165, 1.54) is 16.9 Å². The molecule has 0 aliphatic carbocycles. The van der Waals surface area contributed by atoms with Crippen LogP contribution in [0.4, 0.5) is 0 Å². The minimum Gasteiger partial charge on any atom is -0.497 e. The van der Waals surface area contributed by atoms with Crippen molar-refractivity contribution in [2.75, 3.05) is 26.9 Å². The lowest BCUT2D eigenvalue weighted by Gasteiger charge is -2.24. The summed E-state index contributed by atoms with van der Waals surface area (Å²) in [7, 11) is 1.59. The summed E-state index contributed by atoms with van der Waals surface area (Å²) < 4.78 is 24.5. The molecule has 1 aromatic heterocycles. The third-order valence-corrected chi connectivity index (χ3v) is 8.45. The van der Waals surface area contributed by atoms with Crippen molar-refractivity contribution in [1.82, 2.24) is 4.57 Å². The normalized spacial score (nSPS) is 14.9. The van der Waals surface area contributed by atoms with Crippen LogP contribution in [0.2, 0.25) is 0 Å². The first-order chi connectivity index (χ1) is 21.6. The van der Waals surface area contributed by atoms with Crippen LogP contribution in [-0.2, 0) is 14.9 Å². The molecule has 0 amide bonds. The largest absolute Gasteiger partial charge is 0.497 e. The number of allylic oxidation sites excluding steroid dienone is 1. The van der Waals surface area contributed by atoms with E-state index in [1.807, 2.05) is 66.7 Å². The summed E-state index contributed by atoms with van der Waals surface area (Å²) >= 11 is 1.28. The maximum Gasteiger partial charge on any atom is 0.338 e. The number of hydrogen-bond acceptors (Lipinski definition) is 8. The molecule has 0 fully saturated rings. The molecule has 45 heavy (non-hydrogen) atoms. The summed E-state index contributed by atoms with van der Waals surface area (Å²) in [6, 6.07) is 22.3. The maximum atomic E-state index is 13.8. The van der Waals surface area contributed by atoms with Gasteiger partial charge in [0.25, 0.3) is 5.56 Å². The first-order valence-electron chi connectivity index (χ1n) is 14.9. The second kappa shape index (κ2) is 13.6. The maximum absolute atomic E-state index is 13.8. The van der Waals surface area contributed by atoms with E-state index in [-0.39, 0.29) is 17.6 Å². The summed E-state index contributed by atoms with van der Waals surface area (Å²) in [6.45, 7) is 11.1. The highest BCUT2D eigenvalue weighted by molar-refractivity contribution is 7.07. The van der Waals surface area contributed by atoms with Gasteiger partial charge in [-0.1, -0.05) is 68.5 Å². The average molecular weight is 627 g/mol. The number of carbonyl (C=O) groups is 1. The van der Waals surface area contributed by atoms with Gasteiger partial charge in [0, 0.05) is 0 Å². The first-order valence-corrected chi connectivity index (χ1v) is 15.7. The number of fused-ring (bicyclic) bond motifs is 1. The Morgan fingerprint density at radius 3 is 2.04 bits per heavy atom. The van der Waals surface area contributed by atoms with Crippen molar-refractivity contribution in [3.8, 4) is 17.2 Å². The number of benzene rings is 3. The average Bonchev–Trinajstić information content (AvgIpc) is 3.33. The lowest BCUT2D eigenvalue weighted by molar-refractivity contribution is -0.139. The molecule has 234 valence electrons. The lowest BCUT2D eigenvalue weighted by atomic mass is 9.87. The Bertz CT molecular complexity index is 1860. The van der Waals surface area contributed by atoms with Gasteiger partial charge in [0.15, 0.2) is 4.80 Å². The molecule has 1 aliphatic heterocycles. The Balaban J connectivity index is 1.33. The third kappa shape index (κ3) is 7.20. The fraction of sp³-hybridized carbons (Fsp3) is 0.306. The van der Waals surface area contributed by atoms with Crippen molar-refractivity contribution in [3.05, 3.63) is 120 Å². The van der Waals surface area contributed by atoms with E-state index in [1.54, 1.807) is 25.5 Å². The monoisotopic (exact) mass is 626 g/mol. The Morgan fingerprint density at radius 1 is 0.911 bits per heavy atom. The Hall–Kier alpha value is -4.63. The molecule has 0 bridgehead atoms. The van der Waals surface area contributed by atoms with Gasteiger partial charge >= 0.3 is 5.97 Å². The number of ether oxygens (including phenoxy) is 4. The van der Waals surface area contributed by atoms with E-state index in [0.717, 1.165) is 16.9 Å². The zero-order valence-corrected chi connectivity index (χ0v) is 27.3. The topological polar surface area (TPSA) is 88.4 Å². The van der Waals surface area contributed by atoms with Crippen molar-refractivity contribution in [3.63, 3.8) is 0 Å². The van der Waals surface area contributed by atoms with E-state index in [4.69, 9.17) is 18.9 Å². The molecule has 0 saturated heterocycles. The summed E-state index contributed by atoms with van der Waals surface area (Å²) in [4.78, 5) is 32.1. The van der Waals surface area contributed by atoms with Crippen LogP contribution < -0.4 is 29.1 Å². The van der Waals surface area contributed by atoms with Gasteiger partial charge in [-0.25, -0.2) is 9.79 Å². The summed E-state index contributed by atoms with van der Waals surface area (Å²) in [5.74, 6) is 1.69. The van der Waals surface area contributed by atoms with Gasteiger partial charge in [0.1, 0.15) is 30.5 Å². The standard InChI is InChI=1S/C36H38N2O6S/c1-7-42-34(40)31-23(2)37-35-38(32(31)25-10-16-27(41-6)17-11-25)33(39)30(45-35)22-24-8-14-28(15-9-24)43-20-21-44-29-18-12-26(13-19-29)36(3,4)5/h8-19,22,32H,7,20-21H2,1-6H3. The zero-order valence-electron chi connectivity index (χ0n) is 26.5. The lowest BCUT2D eigenvalue weighted by Crippen LogP contribution is -2.39. The molecule has 1 atom stereocenters. The number of aromatic nitrogens is 1. The highest BCUT2D eigenvalue weighted by Crippen LogP contribution is 2.31. The zero-order chi connectivity index (χ0) is 32.1. The van der Waals surface area contributed by atoms with Gasteiger partial charge < -0.3 is 18.9 Å². The molecule has 0 N–H and O–H groups in total. The SMILES string of the molecule is CCOC(=O)C1=C(C)N=c2sc(=Cc3ccc(OCCOc4ccc(C(C)(C)C)cc4)cc3)c(=O)n2C1c1ccc(OC)cc1. The molecule has 0 saturated carbocycles. The van der Waals surface area contributed by atoms with Crippen molar-refractivity contribution >= 4 is 23.4 Å². The quantitative estimate of drug-likeness (QED) is 0.169. The van der Waals surface area contributed by atoms with Gasteiger partial charge in [0.2, 0.25) is 0 Å². The number of nitrogens with zero attached hydrogens (tertiary/aromatic N) is 2. The van der Waals surface area contributed by atoms with E-state index in [0.29, 0.717) is 45.3 Å². The molecule has 4 aromatic rings. The van der Waals surface area contributed by atoms with Crippen LogP contribution in [0.5, 0.6) is 17.2 Å². The van der Waals surface area contributed by atoms with Crippen molar-refractivity contribution in [2.45, 2.75) is 46.1 Å². The second-order valence-electron chi connectivity index (χ2n) is 11.6. The van der Waals surface area contributed by atoms with Gasteiger partial charge in [-0.15, -0.1) is 0 Å². The highest BCUT2D eigenvalue weighted by Gasteiger charge is 2.33. The van der Waals surface area contributed by atoms with E-state index < -0.39 is 12.0 Å². The first kappa shape index (κ1) is 31.8. The van der Waals surface area contributed by atoms with Crippen molar-refractivity contribution in [1.29, 1.82) is 0 Å². The summed E-state index contributed by atoms with van der Waals surface area (Å²) in [5.41, 5.74) is 3.58. The molecular weight excluding hydrogens is 588 g/mol. The van der Waals surface area contributed by atoms with Crippen LogP contribution in [0, 0.1) is 0 Å². The molecule has 8 nitrogen and oxygen atoms in total. The Kier molecular flexibility index (Phi) is 9.58. The van der Waals surface area contributed by atoms with Crippen molar-refractivity contribution in [2.24, 2.45) is 4.99 Å². The van der Waals surface area contributed by atoms with Gasteiger partial charge in [-0.05, 0) is 78.4 Å². The molecule has 1 unspecified atom stereocenters. The molecule has 3 aromatic carbocycles. The molecule has 5 rings (SSSR count). The number of esters is 1. The fourth-order valence-electron chi connectivity index (χ4n) is 5.07. The van der Waals surface area contributed by atoms with E-state index >= 15 is 0 Å². The Labute approximate surface area is 266 Å². The number of rotatable bonds is 10. The fourth-order valence-corrected chi connectivity index (χ4v) is 6.12. The van der Waals surface area contributed by atoms with Gasteiger partial charge in [-0.3, -0.25) is 9.36 Å². The van der Waals surface area contributed by atoms with Crippen LogP contribution in [0.15, 0.2) is 93.9 Å². The summed E-state index contributed by atoms with van der Waals surface area (Å²) in [6.07, 6.45) is 1.83. The molecule has 0 radical (unpaired) electrons. The second-order valence-corrected chi connectivity index (χ2v) is 12.6. The minimum atomic E-state index is -0.678. The van der Waals surface area contributed by atoms with Crippen molar-refractivity contribution < 1.29 is 23.7 Å². The molecule has 9 heteroatoms.